The Morgan fingerprint density at radius 2 is 1.41 bits per heavy atom. The van der Waals surface area contributed by atoms with E-state index in [4.69, 9.17) is 4.74 Å². The van der Waals surface area contributed by atoms with Crippen LogP contribution >= 0.6 is 0 Å². The second-order valence-electron chi connectivity index (χ2n) is 8.11. The predicted octanol–water partition coefficient (Wildman–Crippen LogP) is 4.69. The van der Waals surface area contributed by atoms with Crippen molar-refractivity contribution >= 4 is 17.5 Å². The molecule has 0 spiro atoms. The van der Waals surface area contributed by atoms with E-state index in [0.717, 1.165) is 22.6 Å². The lowest BCUT2D eigenvalue weighted by Gasteiger charge is -2.31. The first-order valence-electron chi connectivity index (χ1n) is 11.1. The standard InChI is InChI=1S/C27H28N2O3/c30-26(19-21-7-3-1-4-8-21)29-17-15-23(16-18-29)27(31)28-24-11-13-25(14-12-24)32-20-22-9-5-2-6-10-22/h1-14,23H,15-20H2,(H,28,31). The van der Waals surface area contributed by atoms with E-state index >= 15 is 0 Å². The summed E-state index contributed by atoms with van der Waals surface area (Å²) in [6.07, 6.45) is 1.78. The third kappa shape index (κ3) is 5.97. The van der Waals surface area contributed by atoms with Crippen molar-refractivity contribution in [1.82, 2.24) is 4.90 Å². The molecule has 5 heteroatoms. The van der Waals surface area contributed by atoms with Crippen molar-refractivity contribution in [2.24, 2.45) is 5.92 Å². The van der Waals surface area contributed by atoms with Gasteiger partial charge in [-0.15, -0.1) is 0 Å². The summed E-state index contributed by atoms with van der Waals surface area (Å²) < 4.78 is 5.79. The summed E-state index contributed by atoms with van der Waals surface area (Å²) >= 11 is 0. The van der Waals surface area contributed by atoms with Crippen molar-refractivity contribution in [3.63, 3.8) is 0 Å². The Hall–Kier alpha value is -3.60. The van der Waals surface area contributed by atoms with Crippen LogP contribution in [-0.4, -0.2) is 29.8 Å². The van der Waals surface area contributed by atoms with Crippen LogP contribution in [0.3, 0.4) is 0 Å². The molecule has 0 saturated carbocycles. The van der Waals surface area contributed by atoms with Gasteiger partial charge in [0.25, 0.3) is 0 Å². The summed E-state index contributed by atoms with van der Waals surface area (Å²) in [5.41, 5.74) is 2.89. The van der Waals surface area contributed by atoms with Crippen LogP contribution in [0.4, 0.5) is 5.69 Å². The summed E-state index contributed by atoms with van der Waals surface area (Å²) in [6, 6.07) is 27.2. The molecule has 1 heterocycles. The lowest BCUT2D eigenvalue weighted by atomic mass is 9.95. The number of hydrogen-bond donors (Lipinski definition) is 1. The van der Waals surface area contributed by atoms with Crippen molar-refractivity contribution in [3.05, 3.63) is 96.1 Å². The van der Waals surface area contributed by atoms with Crippen LogP contribution in [-0.2, 0) is 22.6 Å². The second-order valence-corrected chi connectivity index (χ2v) is 8.11. The van der Waals surface area contributed by atoms with E-state index in [2.05, 4.69) is 5.32 Å². The van der Waals surface area contributed by atoms with E-state index in [-0.39, 0.29) is 17.7 Å². The number of nitrogens with zero attached hydrogens (tertiary/aromatic N) is 1. The van der Waals surface area contributed by atoms with Gasteiger partial charge >= 0.3 is 0 Å². The van der Waals surface area contributed by atoms with Crippen LogP contribution in [0, 0.1) is 5.92 Å². The first-order chi connectivity index (χ1) is 15.7. The molecule has 3 aromatic rings. The minimum absolute atomic E-state index is 0.0121. The molecule has 0 aliphatic carbocycles. The molecule has 1 saturated heterocycles. The smallest absolute Gasteiger partial charge is 0.227 e. The first kappa shape index (κ1) is 21.6. The molecule has 2 amide bonds. The highest BCUT2D eigenvalue weighted by Gasteiger charge is 2.27. The van der Waals surface area contributed by atoms with Gasteiger partial charge in [0.1, 0.15) is 12.4 Å². The fraction of sp³-hybridized carbons (Fsp3) is 0.259. The molecule has 0 atom stereocenters. The first-order valence-corrected chi connectivity index (χ1v) is 11.1. The quantitative estimate of drug-likeness (QED) is 0.594. The molecule has 0 radical (unpaired) electrons. The molecule has 0 unspecified atom stereocenters. The molecule has 5 nitrogen and oxygen atoms in total. The van der Waals surface area contributed by atoms with Crippen molar-refractivity contribution in [1.29, 1.82) is 0 Å². The molecule has 1 aliphatic rings. The lowest BCUT2D eigenvalue weighted by Crippen LogP contribution is -2.42. The molecule has 1 N–H and O–H groups in total. The Morgan fingerprint density at radius 3 is 2.03 bits per heavy atom. The van der Waals surface area contributed by atoms with Gasteiger partial charge in [0, 0.05) is 24.7 Å². The number of nitrogens with one attached hydrogen (secondary N) is 1. The largest absolute Gasteiger partial charge is 0.489 e. The summed E-state index contributed by atoms with van der Waals surface area (Å²) in [4.78, 5) is 27.1. The highest BCUT2D eigenvalue weighted by molar-refractivity contribution is 5.92. The number of ether oxygens (including phenoxy) is 1. The Morgan fingerprint density at radius 1 is 0.812 bits per heavy atom. The van der Waals surface area contributed by atoms with Crippen LogP contribution in [0.2, 0.25) is 0 Å². The number of amides is 2. The van der Waals surface area contributed by atoms with Crippen LogP contribution in [0.5, 0.6) is 5.75 Å². The molecule has 164 valence electrons. The van der Waals surface area contributed by atoms with Crippen LogP contribution in [0.25, 0.3) is 0 Å². The van der Waals surface area contributed by atoms with Crippen molar-refractivity contribution in [2.75, 3.05) is 18.4 Å². The third-order valence-corrected chi connectivity index (χ3v) is 5.79. The number of carbonyl (C=O) groups excluding carboxylic acids is 2. The Bertz CT molecular complexity index is 1010. The molecular weight excluding hydrogens is 400 g/mol. The van der Waals surface area contributed by atoms with Gasteiger partial charge in [0.05, 0.1) is 6.42 Å². The minimum Gasteiger partial charge on any atom is -0.489 e. The number of hydrogen-bond acceptors (Lipinski definition) is 3. The Balaban J connectivity index is 1.22. The van der Waals surface area contributed by atoms with Crippen molar-refractivity contribution in [3.8, 4) is 5.75 Å². The van der Waals surface area contributed by atoms with Gasteiger partial charge in [0.15, 0.2) is 0 Å². The van der Waals surface area contributed by atoms with E-state index in [0.29, 0.717) is 39.0 Å². The van der Waals surface area contributed by atoms with Crippen LogP contribution < -0.4 is 10.1 Å². The van der Waals surface area contributed by atoms with E-state index < -0.39 is 0 Å². The minimum atomic E-state index is -0.0789. The van der Waals surface area contributed by atoms with Gasteiger partial charge in [-0.3, -0.25) is 9.59 Å². The van der Waals surface area contributed by atoms with Gasteiger partial charge in [-0.1, -0.05) is 60.7 Å². The van der Waals surface area contributed by atoms with Gasteiger partial charge in [-0.2, -0.15) is 0 Å². The topological polar surface area (TPSA) is 58.6 Å². The maximum absolute atomic E-state index is 12.7. The number of piperidine rings is 1. The van der Waals surface area contributed by atoms with Gasteiger partial charge in [0.2, 0.25) is 11.8 Å². The highest BCUT2D eigenvalue weighted by Crippen LogP contribution is 2.22. The Kier molecular flexibility index (Phi) is 7.18. The zero-order chi connectivity index (χ0) is 22.2. The van der Waals surface area contributed by atoms with Crippen LogP contribution in [0.15, 0.2) is 84.9 Å². The molecule has 0 bridgehead atoms. The summed E-state index contributed by atoms with van der Waals surface area (Å²) in [6.45, 7) is 1.75. The SMILES string of the molecule is O=C(Nc1ccc(OCc2ccccc2)cc1)C1CCN(C(=O)Cc2ccccc2)CC1. The summed E-state index contributed by atoms with van der Waals surface area (Å²) in [7, 11) is 0. The average Bonchev–Trinajstić information content (AvgIpc) is 2.85. The number of likely N-dealkylation sites (tertiary alicyclic amines) is 1. The van der Waals surface area contributed by atoms with E-state index in [1.165, 1.54) is 0 Å². The third-order valence-electron chi connectivity index (χ3n) is 5.79. The lowest BCUT2D eigenvalue weighted by molar-refractivity contribution is -0.133. The zero-order valence-electron chi connectivity index (χ0n) is 18.1. The fourth-order valence-corrected chi connectivity index (χ4v) is 3.89. The second kappa shape index (κ2) is 10.6. The number of carbonyl (C=O) groups is 2. The van der Waals surface area contributed by atoms with Gasteiger partial charge in [-0.25, -0.2) is 0 Å². The average molecular weight is 429 g/mol. The number of benzene rings is 3. The number of anilines is 1. The van der Waals surface area contributed by atoms with Crippen molar-refractivity contribution in [2.45, 2.75) is 25.9 Å². The monoisotopic (exact) mass is 428 g/mol. The van der Waals surface area contributed by atoms with Gasteiger partial charge < -0.3 is 15.0 Å². The maximum atomic E-state index is 12.7. The highest BCUT2D eigenvalue weighted by atomic mass is 16.5. The van der Waals surface area contributed by atoms with Crippen molar-refractivity contribution < 1.29 is 14.3 Å². The predicted molar refractivity (Wildman–Crippen MR) is 125 cm³/mol. The maximum Gasteiger partial charge on any atom is 0.227 e. The summed E-state index contributed by atoms with van der Waals surface area (Å²) in [5.74, 6) is 0.820. The number of rotatable bonds is 7. The van der Waals surface area contributed by atoms with Crippen LogP contribution in [0.1, 0.15) is 24.0 Å². The molecule has 4 rings (SSSR count). The molecule has 1 aliphatic heterocycles. The molecular formula is C27H28N2O3. The molecule has 32 heavy (non-hydrogen) atoms. The summed E-state index contributed by atoms with van der Waals surface area (Å²) in [5, 5.41) is 3.00. The zero-order valence-corrected chi connectivity index (χ0v) is 18.1. The van der Waals surface area contributed by atoms with Gasteiger partial charge in [-0.05, 0) is 48.2 Å². The fourth-order valence-electron chi connectivity index (χ4n) is 3.89. The molecule has 3 aromatic carbocycles. The van der Waals surface area contributed by atoms with E-state index in [1.54, 1.807) is 0 Å². The molecule has 1 fully saturated rings. The van der Waals surface area contributed by atoms with E-state index in [1.807, 2.05) is 89.8 Å². The normalized spacial score (nSPS) is 14.1. The van der Waals surface area contributed by atoms with E-state index in [9.17, 15) is 9.59 Å². The Labute approximate surface area is 189 Å². The molecule has 0 aromatic heterocycles.